The summed E-state index contributed by atoms with van der Waals surface area (Å²) in [5.41, 5.74) is 3.18. The standard InChI is InChI=1S/C19H21ClN2O2/c1-14-2-4-16(5-3-14)12-18(23)22-13-19(24)21-11-10-15-6-8-17(20)9-7-15/h2-9H,10-13H2,1H3,(H,21,24)(H,22,23). The molecule has 0 unspecified atom stereocenters. The van der Waals surface area contributed by atoms with Crippen LogP contribution in [0.2, 0.25) is 5.02 Å². The first kappa shape index (κ1) is 18.0. The van der Waals surface area contributed by atoms with E-state index in [0.29, 0.717) is 11.6 Å². The smallest absolute Gasteiger partial charge is 0.239 e. The van der Waals surface area contributed by atoms with Crippen LogP contribution in [0.1, 0.15) is 16.7 Å². The van der Waals surface area contributed by atoms with E-state index in [4.69, 9.17) is 11.6 Å². The summed E-state index contributed by atoms with van der Waals surface area (Å²) >= 11 is 5.82. The lowest BCUT2D eigenvalue weighted by atomic mass is 10.1. The lowest BCUT2D eigenvalue weighted by Gasteiger charge is -2.07. The number of halogens is 1. The molecule has 0 heterocycles. The third-order valence-corrected chi connectivity index (χ3v) is 3.83. The summed E-state index contributed by atoms with van der Waals surface area (Å²) in [6.45, 7) is 2.51. The van der Waals surface area contributed by atoms with Crippen molar-refractivity contribution in [3.63, 3.8) is 0 Å². The number of amides is 2. The molecule has 4 nitrogen and oxygen atoms in total. The maximum Gasteiger partial charge on any atom is 0.239 e. The van der Waals surface area contributed by atoms with Gasteiger partial charge in [0, 0.05) is 11.6 Å². The summed E-state index contributed by atoms with van der Waals surface area (Å²) in [5, 5.41) is 6.11. The number of aryl methyl sites for hydroxylation is 1. The van der Waals surface area contributed by atoms with Crippen LogP contribution in [0.4, 0.5) is 0 Å². The van der Waals surface area contributed by atoms with Crippen LogP contribution in [-0.4, -0.2) is 24.9 Å². The SMILES string of the molecule is Cc1ccc(CC(=O)NCC(=O)NCCc2ccc(Cl)cc2)cc1. The van der Waals surface area contributed by atoms with E-state index >= 15 is 0 Å². The second-order valence-electron chi connectivity index (χ2n) is 5.67. The average Bonchev–Trinajstić information content (AvgIpc) is 2.57. The highest BCUT2D eigenvalue weighted by Crippen LogP contribution is 2.09. The van der Waals surface area contributed by atoms with Crippen LogP contribution in [-0.2, 0) is 22.4 Å². The summed E-state index contributed by atoms with van der Waals surface area (Å²) in [7, 11) is 0. The molecular weight excluding hydrogens is 324 g/mol. The van der Waals surface area contributed by atoms with Crippen molar-refractivity contribution in [1.29, 1.82) is 0 Å². The Morgan fingerprint density at radius 1 is 0.875 bits per heavy atom. The van der Waals surface area contributed by atoms with Crippen molar-refractivity contribution >= 4 is 23.4 Å². The molecule has 0 aliphatic rings. The van der Waals surface area contributed by atoms with Gasteiger partial charge in [-0.15, -0.1) is 0 Å². The van der Waals surface area contributed by atoms with Gasteiger partial charge in [-0.3, -0.25) is 9.59 Å². The van der Waals surface area contributed by atoms with Crippen molar-refractivity contribution < 1.29 is 9.59 Å². The van der Waals surface area contributed by atoms with Crippen molar-refractivity contribution in [1.82, 2.24) is 10.6 Å². The quantitative estimate of drug-likeness (QED) is 0.811. The number of benzene rings is 2. The molecule has 2 aromatic rings. The highest BCUT2D eigenvalue weighted by atomic mass is 35.5. The topological polar surface area (TPSA) is 58.2 Å². The van der Waals surface area contributed by atoms with Gasteiger partial charge in [0.15, 0.2) is 0 Å². The number of rotatable bonds is 7. The van der Waals surface area contributed by atoms with Crippen LogP contribution in [0, 0.1) is 6.92 Å². The molecule has 0 bridgehead atoms. The van der Waals surface area contributed by atoms with Gasteiger partial charge in [0.25, 0.3) is 0 Å². The molecule has 0 aromatic heterocycles. The normalized spacial score (nSPS) is 10.2. The van der Waals surface area contributed by atoms with Gasteiger partial charge in [-0.2, -0.15) is 0 Å². The zero-order valence-electron chi connectivity index (χ0n) is 13.6. The van der Waals surface area contributed by atoms with E-state index in [-0.39, 0.29) is 24.8 Å². The van der Waals surface area contributed by atoms with Gasteiger partial charge in [-0.25, -0.2) is 0 Å². The largest absolute Gasteiger partial charge is 0.354 e. The first-order valence-electron chi connectivity index (χ1n) is 7.86. The third kappa shape index (κ3) is 6.42. The van der Waals surface area contributed by atoms with Gasteiger partial charge >= 0.3 is 0 Å². The molecule has 24 heavy (non-hydrogen) atoms. The summed E-state index contributed by atoms with van der Waals surface area (Å²) in [6.07, 6.45) is 0.999. The van der Waals surface area contributed by atoms with E-state index in [2.05, 4.69) is 10.6 Å². The molecule has 0 aliphatic heterocycles. The number of carbonyl (C=O) groups is 2. The molecule has 5 heteroatoms. The maximum absolute atomic E-state index is 11.8. The predicted octanol–water partition coefficient (Wildman–Crippen LogP) is 2.67. The summed E-state index contributed by atoms with van der Waals surface area (Å²) in [5.74, 6) is -0.354. The van der Waals surface area contributed by atoms with E-state index in [9.17, 15) is 9.59 Å². The fourth-order valence-corrected chi connectivity index (χ4v) is 2.32. The molecule has 0 fully saturated rings. The van der Waals surface area contributed by atoms with E-state index < -0.39 is 0 Å². The minimum atomic E-state index is -0.193. The van der Waals surface area contributed by atoms with Crippen molar-refractivity contribution in [3.05, 3.63) is 70.2 Å². The Hall–Kier alpha value is -2.33. The summed E-state index contributed by atoms with van der Waals surface area (Å²) < 4.78 is 0. The second-order valence-corrected chi connectivity index (χ2v) is 6.10. The Labute approximate surface area is 147 Å². The molecule has 0 radical (unpaired) electrons. The highest BCUT2D eigenvalue weighted by Gasteiger charge is 2.06. The van der Waals surface area contributed by atoms with Gasteiger partial charge in [-0.1, -0.05) is 53.6 Å². The number of hydrogen-bond acceptors (Lipinski definition) is 2. The number of nitrogens with one attached hydrogen (secondary N) is 2. The Morgan fingerprint density at radius 2 is 1.50 bits per heavy atom. The molecule has 2 rings (SSSR count). The van der Waals surface area contributed by atoms with E-state index in [1.165, 1.54) is 0 Å². The molecule has 2 aromatic carbocycles. The maximum atomic E-state index is 11.8. The van der Waals surface area contributed by atoms with Crippen molar-refractivity contribution in [3.8, 4) is 0 Å². The Morgan fingerprint density at radius 3 is 2.17 bits per heavy atom. The Kier molecular flexibility index (Phi) is 6.82. The van der Waals surface area contributed by atoms with Crippen LogP contribution in [0.5, 0.6) is 0 Å². The van der Waals surface area contributed by atoms with Gasteiger partial charge < -0.3 is 10.6 Å². The minimum Gasteiger partial charge on any atom is -0.354 e. The molecule has 0 saturated carbocycles. The van der Waals surface area contributed by atoms with Gasteiger partial charge in [-0.05, 0) is 36.6 Å². The van der Waals surface area contributed by atoms with Crippen molar-refractivity contribution in [2.75, 3.05) is 13.1 Å². The molecule has 2 N–H and O–H groups in total. The van der Waals surface area contributed by atoms with Crippen LogP contribution in [0.3, 0.4) is 0 Å². The number of carbonyl (C=O) groups excluding carboxylic acids is 2. The monoisotopic (exact) mass is 344 g/mol. The highest BCUT2D eigenvalue weighted by molar-refractivity contribution is 6.30. The summed E-state index contributed by atoms with van der Waals surface area (Å²) in [4.78, 5) is 23.6. The van der Waals surface area contributed by atoms with E-state index in [0.717, 1.165) is 23.1 Å². The molecule has 0 saturated heterocycles. The van der Waals surface area contributed by atoms with Crippen LogP contribution in [0.25, 0.3) is 0 Å². The summed E-state index contributed by atoms with van der Waals surface area (Å²) in [6, 6.07) is 15.3. The van der Waals surface area contributed by atoms with Crippen LogP contribution in [0.15, 0.2) is 48.5 Å². The van der Waals surface area contributed by atoms with Gasteiger partial charge in [0.05, 0.1) is 13.0 Å². The molecule has 2 amide bonds. The fraction of sp³-hybridized carbons (Fsp3) is 0.263. The van der Waals surface area contributed by atoms with Crippen molar-refractivity contribution in [2.45, 2.75) is 19.8 Å². The molecule has 0 aliphatic carbocycles. The molecular formula is C19H21ClN2O2. The number of hydrogen-bond donors (Lipinski definition) is 2. The zero-order chi connectivity index (χ0) is 17.4. The van der Waals surface area contributed by atoms with Crippen molar-refractivity contribution in [2.24, 2.45) is 0 Å². The lowest BCUT2D eigenvalue weighted by molar-refractivity contribution is -0.125. The van der Waals surface area contributed by atoms with E-state index in [1.807, 2.05) is 55.5 Å². The van der Waals surface area contributed by atoms with E-state index in [1.54, 1.807) is 0 Å². The molecule has 0 spiro atoms. The Balaban J connectivity index is 1.64. The van der Waals surface area contributed by atoms with Crippen LogP contribution < -0.4 is 10.6 Å². The Bertz CT molecular complexity index is 682. The second kappa shape index (κ2) is 9.08. The van der Waals surface area contributed by atoms with Gasteiger partial charge in [0.1, 0.15) is 0 Å². The fourth-order valence-electron chi connectivity index (χ4n) is 2.19. The van der Waals surface area contributed by atoms with Gasteiger partial charge in [0.2, 0.25) is 11.8 Å². The lowest BCUT2D eigenvalue weighted by Crippen LogP contribution is -2.38. The van der Waals surface area contributed by atoms with Crippen LogP contribution >= 0.6 is 11.6 Å². The zero-order valence-corrected chi connectivity index (χ0v) is 14.4. The average molecular weight is 345 g/mol. The first-order chi connectivity index (χ1) is 11.5. The molecule has 0 atom stereocenters. The first-order valence-corrected chi connectivity index (χ1v) is 8.24. The predicted molar refractivity (Wildman–Crippen MR) is 96.1 cm³/mol. The minimum absolute atomic E-state index is 0.00862. The third-order valence-electron chi connectivity index (χ3n) is 3.58. The molecule has 126 valence electrons.